The van der Waals surface area contributed by atoms with Crippen LogP contribution in [0.1, 0.15) is 47.7 Å². The van der Waals surface area contributed by atoms with Crippen molar-refractivity contribution in [3.63, 3.8) is 0 Å². The van der Waals surface area contributed by atoms with E-state index in [0.717, 1.165) is 16.7 Å². The maximum absolute atomic E-state index is 14.0. The molecular weight excluding hydrogens is 434 g/mol. The van der Waals surface area contributed by atoms with Gasteiger partial charge in [-0.3, -0.25) is 4.79 Å². The number of aromatic nitrogens is 1. The Kier molecular flexibility index (Phi) is 6.60. The zero-order valence-electron chi connectivity index (χ0n) is 19.2. The molecule has 0 bridgehead atoms. The second-order valence-electron chi connectivity index (χ2n) is 8.70. The fraction of sp³-hybridized carbons (Fsp3) is 0.296. The van der Waals surface area contributed by atoms with E-state index >= 15 is 0 Å². The van der Waals surface area contributed by atoms with Gasteiger partial charge in [0.15, 0.2) is 0 Å². The van der Waals surface area contributed by atoms with Crippen molar-refractivity contribution in [3.8, 4) is 17.2 Å². The Morgan fingerprint density at radius 3 is 2.62 bits per heavy atom. The third-order valence-corrected chi connectivity index (χ3v) is 6.16. The highest BCUT2D eigenvalue weighted by Gasteiger charge is 2.33. The Labute approximate surface area is 199 Å². The molecule has 0 aliphatic carbocycles. The topological polar surface area (TPSA) is 69.0 Å². The predicted molar refractivity (Wildman–Crippen MR) is 131 cm³/mol. The smallest absolute Gasteiger partial charge is 0.259 e. The van der Waals surface area contributed by atoms with Gasteiger partial charge in [0.1, 0.15) is 5.82 Å². The molecule has 2 heterocycles. The minimum Gasteiger partial charge on any atom is -0.356 e. The molecule has 0 unspecified atom stereocenters. The molecule has 1 fully saturated rings. The summed E-state index contributed by atoms with van der Waals surface area (Å²) in [5.41, 5.74) is 4.85. The van der Waals surface area contributed by atoms with Crippen LogP contribution in [0.2, 0.25) is 0 Å². The van der Waals surface area contributed by atoms with Gasteiger partial charge in [0.2, 0.25) is 5.92 Å². The molecule has 1 aliphatic rings. The van der Waals surface area contributed by atoms with Crippen molar-refractivity contribution in [3.05, 3.63) is 77.0 Å². The number of nitriles is 1. The third-order valence-electron chi connectivity index (χ3n) is 6.16. The Morgan fingerprint density at radius 1 is 1.15 bits per heavy atom. The lowest BCUT2D eigenvalue weighted by Crippen LogP contribution is -2.30. The number of aryl methyl sites for hydroxylation is 1. The fourth-order valence-electron chi connectivity index (χ4n) is 4.31. The Hall–Kier alpha value is -3.79. The van der Waals surface area contributed by atoms with Gasteiger partial charge in [-0.25, -0.2) is 13.8 Å². The summed E-state index contributed by atoms with van der Waals surface area (Å²) in [6, 6.07) is 16.6. The van der Waals surface area contributed by atoms with E-state index in [2.05, 4.69) is 16.4 Å². The van der Waals surface area contributed by atoms with Crippen molar-refractivity contribution in [2.24, 2.45) is 0 Å². The first-order chi connectivity index (χ1) is 16.3. The van der Waals surface area contributed by atoms with Crippen LogP contribution in [-0.2, 0) is 0 Å². The van der Waals surface area contributed by atoms with Crippen LogP contribution in [-0.4, -0.2) is 29.9 Å². The molecule has 0 spiro atoms. The van der Waals surface area contributed by atoms with Crippen LogP contribution >= 0.6 is 0 Å². The van der Waals surface area contributed by atoms with Gasteiger partial charge in [0.25, 0.3) is 5.91 Å². The molecule has 1 amide bonds. The fourth-order valence-corrected chi connectivity index (χ4v) is 4.31. The average molecular weight is 463 g/mol. The molecular formula is C27H28F2N4O. The second kappa shape index (κ2) is 9.60. The number of amides is 1. The van der Waals surface area contributed by atoms with Crippen molar-refractivity contribution in [1.29, 1.82) is 5.26 Å². The number of hydrogen-bond donors (Lipinski definition) is 1. The summed E-state index contributed by atoms with van der Waals surface area (Å²) in [6.45, 7) is 4.32. The molecule has 2 aromatic carbocycles. The number of carbonyl (C=O) groups excluding carboxylic acids is 1. The quantitative estimate of drug-likeness (QED) is 0.490. The van der Waals surface area contributed by atoms with Crippen LogP contribution in [0.4, 0.5) is 20.3 Å². The van der Waals surface area contributed by atoms with E-state index in [1.807, 2.05) is 50.2 Å². The molecule has 1 saturated heterocycles. The van der Waals surface area contributed by atoms with Crippen molar-refractivity contribution in [1.82, 2.24) is 4.98 Å². The number of pyridine rings is 1. The van der Waals surface area contributed by atoms with E-state index < -0.39 is 5.92 Å². The third kappa shape index (κ3) is 5.07. The minimum atomic E-state index is -2.71. The SMILES string of the molecule is Cc1cccc(NC(=O)c2c(N3CCCC(F)(F)CC3)ncc(-c3ccc(C#N)cc3)c2C)c1.[HH]. The Bertz CT molecular complexity index is 1260. The first-order valence-electron chi connectivity index (χ1n) is 11.3. The van der Waals surface area contributed by atoms with Gasteiger partial charge in [-0.15, -0.1) is 0 Å². The molecule has 3 aromatic rings. The van der Waals surface area contributed by atoms with Crippen molar-refractivity contribution < 1.29 is 15.0 Å². The van der Waals surface area contributed by atoms with E-state index in [4.69, 9.17) is 5.26 Å². The summed E-state index contributed by atoms with van der Waals surface area (Å²) in [6.07, 6.45) is 1.56. The highest BCUT2D eigenvalue weighted by Crippen LogP contribution is 2.34. The lowest BCUT2D eigenvalue weighted by atomic mass is 9.97. The summed E-state index contributed by atoms with van der Waals surface area (Å²) >= 11 is 0. The van der Waals surface area contributed by atoms with E-state index in [1.165, 1.54) is 0 Å². The first kappa shape index (κ1) is 23.4. The van der Waals surface area contributed by atoms with Crippen LogP contribution in [0.15, 0.2) is 54.7 Å². The van der Waals surface area contributed by atoms with E-state index in [1.54, 1.807) is 23.2 Å². The monoisotopic (exact) mass is 462 g/mol. The zero-order chi connectivity index (χ0) is 24.3. The Morgan fingerprint density at radius 2 is 1.91 bits per heavy atom. The van der Waals surface area contributed by atoms with E-state index in [-0.39, 0.29) is 26.7 Å². The average Bonchev–Trinajstić information content (AvgIpc) is 2.99. The van der Waals surface area contributed by atoms with Crippen molar-refractivity contribution >= 4 is 17.4 Å². The predicted octanol–water partition coefficient (Wildman–Crippen LogP) is 6.36. The summed E-state index contributed by atoms with van der Waals surface area (Å²) in [4.78, 5) is 19.9. The van der Waals surface area contributed by atoms with Crippen LogP contribution in [0, 0.1) is 25.2 Å². The molecule has 5 nitrogen and oxygen atoms in total. The molecule has 0 atom stereocenters. The molecule has 1 aliphatic heterocycles. The van der Waals surface area contributed by atoms with Crippen LogP contribution < -0.4 is 10.2 Å². The highest BCUT2D eigenvalue weighted by atomic mass is 19.3. The minimum absolute atomic E-state index is 0. The summed E-state index contributed by atoms with van der Waals surface area (Å²) in [5, 5.41) is 12.0. The lowest BCUT2D eigenvalue weighted by molar-refractivity contribution is -0.0102. The largest absolute Gasteiger partial charge is 0.356 e. The molecule has 4 rings (SSSR count). The summed E-state index contributed by atoms with van der Waals surface area (Å²) in [7, 11) is 0. The number of hydrogen-bond acceptors (Lipinski definition) is 4. The van der Waals surface area contributed by atoms with Gasteiger partial charge in [0, 0.05) is 44.8 Å². The van der Waals surface area contributed by atoms with Gasteiger partial charge >= 0.3 is 0 Å². The van der Waals surface area contributed by atoms with E-state index in [0.29, 0.717) is 41.2 Å². The summed E-state index contributed by atoms with van der Waals surface area (Å²) in [5.74, 6) is -2.63. The second-order valence-corrected chi connectivity index (χ2v) is 8.70. The zero-order valence-corrected chi connectivity index (χ0v) is 19.2. The number of rotatable bonds is 4. The summed E-state index contributed by atoms with van der Waals surface area (Å²) < 4.78 is 28.0. The molecule has 1 aromatic heterocycles. The molecule has 34 heavy (non-hydrogen) atoms. The van der Waals surface area contributed by atoms with Gasteiger partial charge in [0.05, 0.1) is 17.2 Å². The maximum Gasteiger partial charge on any atom is 0.259 e. The maximum atomic E-state index is 14.0. The van der Waals surface area contributed by atoms with Gasteiger partial charge < -0.3 is 10.2 Å². The highest BCUT2D eigenvalue weighted by molar-refractivity contribution is 6.09. The molecule has 0 saturated carbocycles. The molecule has 7 heteroatoms. The van der Waals surface area contributed by atoms with Gasteiger partial charge in [-0.1, -0.05) is 24.3 Å². The molecule has 176 valence electrons. The van der Waals surface area contributed by atoms with Gasteiger partial charge in [-0.2, -0.15) is 5.26 Å². The number of nitrogens with one attached hydrogen (secondary N) is 1. The Balaban J connectivity index is 0.00000342. The molecule has 1 N–H and O–H groups in total. The number of halogens is 2. The number of anilines is 2. The van der Waals surface area contributed by atoms with E-state index in [9.17, 15) is 13.6 Å². The van der Waals surface area contributed by atoms with Crippen LogP contribution in [0.5, 0.6) is 0 Å². The van der Waals surface area contributed by atoms with Crippen molar-refractivity contribution in [2.75, 3.05) is 23.3 Å². The van der Waals surface area contributed by atoms with Crippen LogP contribution in [0.25, 0.3) is 11.1 Å². The standard InChI is InChI=1S/C27H26F2N4O.H2/c1-18-5-3-6-22(15-18)32-26(34)24-19(2)23(21-9-7-20(16-30)8-10-21)17-31-25(24)33-13-4-11-27(28,29)12-14-33;/h3,5-10,15,17H,4,11-14H2,1-2H3,(H,32,34);1H. The lowest BCUT2D eigenvalue weighted by Gasteiger charge is -2.26. The number of alkyl halides is 2. The van der Waals surface area contributed by atoms with Gasteiger partial charge in [-0.05, 0) is 61.2 Å². The number of carbonyl (C=O) groups is 1. The molecule has 0 radical (unpaired) electrons. The van der Waals surface area contributed by atoms with Crippen molar-refractivity contribution in [2.45, 2.75) is 39.0 Å². The number of nitrogens with zero attached hydrogens (tertiary/aromatic N) is 3. The normalized spacial score (nSPS) is 15.3. The number of benzene rings is 2. The van der Waals surface area contributed by atoms with Crippen LogP contribution in [0.3, 0.4) is 0 Å². The first-order valence-corrected chi connectivity index (χ1v) is 11.3.